The van der Waals surface area contributed by atoms with Gasteiger partial charge in [0.1, 0.15) is 48.8 Å². The SMILES string of the molecule is CC/C=C\C/C=C\C/C=C\C/C=C\C/C=C\C/C=C\C/C=C\C/C=C\CCCCCCCCCCC(=O)NC(COC1OC(CO)C(OC2OC(CO)C(O)C(O)C2O)C(O)C1O)C(O)/C=C/CC/C=C/CCCCCCCCCCCCCCCC. The van der Waals surface area contributed by atoms with Crippen LogP contribution in [0.15, 0.2) is 122 Å². The van der Waals surface area contributed by atoms with E-state index < -0.39 is 86.8 Å². The Balaban J connectivity index is 1.71. The minimum absolute atomic E-state index is 0.256. The predicted molar refractivity (Wildman–Crippen MR) is 355 cm³/mol. The van der Waals surface area contributed by atoms with Gasteiger partial charge in [-0.15, -0.1) is 0 Å². The summed E-state index contributed by atoms with van der Waals surface area (Å²) in [6.45, 7) is 2.66. The molecule has 0 aromatic rings. The molecular weight excluding hydrogens is 1100 g/mol. The molecule has 0 aromatic carbocycles. The first kappa shape index (κ1) is 79.5. The van der Waals surface area contributed by atoms with Crippen LogP contribution < -0.4 is 5.32 Å². The van der Waals surface area contributed by atoms with Gasteiger partial charge >= 0.3 is 0 Å². The van der Waals surface area contributed by atoms with Gasteiger partial charge in [0.25, 0.3) is 0 Å². The van der Waals surface area contributed by atoms with Crippen molar-refractivity contribution in [3.05, 3.63) is 122 Å². The van der Waals surface area contributed by atoms with Gasteiger partial charge in [0.05, 0.1) is 32.0 Å². The number of rotatable bonds is 54. The summed E-state index contributed by atoms with van der Waals surface area (Å²) >= 11 is 0. The maximum atomic E-state index is 13.3. The fourth-order valence-corrected chi connectivity index (χ4v) is 10.4. The van der Waals surface area contributed by atoms with Crippen molar-refractivity contribution >= 4 is 5.91 Å². The Morgan fingerprint density at radius 1 is 0.425 bits per heavy atom. The number of carbonyl (C=O) groups is 1. The monoisotopic (exact) mass is 1220 g/mol. The summed E-state index contributed by atoms with van der Waals surface area (Å²) in [5, 5.41) is 87.3. The number of unbranched alkanes of at least 4 members (excludes halogenated alkanes) is 23. The molecule has 2 aliphatic rings. The van der Waals surface area contributed by atoms with Crippen LogP contribution in [0.5, 0.6) is 0 Å². The molecule has 0 radical (unpaired) electrons. The highest BCUT2D eigenvalue weighted by Crippen LogP contribution is 2.30. The standard InChI is InChI=1S/C73H123NO13/c1-3-5-7-9-11-13-15-17-19-21-23-25-26-27-28-29-30-31-32-33-34-35-36-37-39-41-43-45-47-49-51-53-55-57-65(78)74-61(62(77)56-54-52-50-48-46-44-42-40-38-24-22-20-18-16-14-12-10-8-6-4-2)60-84-72-70(83)68(81)71(64(59-76)86-72)87-73-69(82)67(80)66(79)63(58-75)85-73/h5,7,11,13,17,19,23,25,27-28,30-31,33-34,36-37,46,48,54,56,61-64,66-73,75-77,79-83H,3-4,6,8-10,12,14-16,18,20-22,24,26,29,32,35,38-45,47,49-53,55,57-60H2,1-2H3,(H,74,78)/b7-5-,13-11-,19-17-,25-23-,28-27-,31-30-,34-33-,37-36-,48-46+,56-54+. The molecule has 14 nitrogen and oxygen atoms in total. The Kier molecular flexibility index (Phi) is 51.5. The first-order chi connectivity index (χ1) is 42.6. The van der Waals surface area contributed by atoms with E-state index in [-0.39, 0.29) is 18.9 Å². The number of amides is 1. The molecule has 0 aliphatic carbocycles. The van der Waals surface area contributed by atoms with Crippen LogP contribution in [0.1, 0.15) is 239 Å². The van der Waals surface area contributed by atoms with Gasteiger partial charge in [-0.3, -0.25) is 4.79 Å². The Hall–Kier alpha value is -3.61. The lowest BCUT2D eigenvalue weighted by molar-refractivity contribution is -0.359. The van der Waals surface area contributed by atoms with Crippen LogP contribution in [0.3, 0.4) is 0 Å². The van der Waals surface area contributed by atoms with Crippen molar-refractivity contribution in [3.8, 4) is 0 Å². The van der Waals surface area contributed by atoms with Crippen LogP contribution >= 0.6 is 0 Å². The number of hydrogen-bond donors (Lipinski definition) is 9. The summed E-state index contributed by atoms with van der Waals surface area (Å²) in [4.78, 5) is 13.3. The van der Waals surface area contributed by atoms with Gasteiger partial charge in [0.15, 0.2) is 12.6 Å². The van der Waals surface area contributed by atoms with Crippen LogP contribution in [-0.4, -0.2) is 140 Å². The van der Waals surface area contributed by atoms with E-state index in [4.69, 9.17) is 18.9 Å². The maximum absolute atomic E-state index is 13.3. The molecule has 0 aromatic heterocycles. The van der Waals surface area contributed by atoms with E-state index in [0.29, 0.717) is 12.8 Å². The number of aliphatic hydroxyl groups is 8. The fourth-order valence-electron chi connectivity index (χ4n) is 10.4. The molecule has 2 heterocycles. The number of ether oxygens (including phenoxy) is 4. The van der Waals surface area contributed by atoms with Gasteiger partial charge in [-0.25, -0.2) is 0 Å². The smallest absolute Gasteiger partial charge is 0.220 e. The van der Waals surface area contributed by atoms with Crippen molar-refractivity contribution in [2.45, 2.75) is 312 Å². The number of nitrogens with one attached hydrogen (secondary N) is 1. The van der Waals surface area contributed by atoms with Crippen molar-refractivity contribution in [3.63, 3.8) is 0 Å². The van der Waals surface area contributed by atoms with Crippen LogP contribution in [0, 0.1) is 0 Å². The van der Waals surface area contributed by atoms with Gasteiger partial charge < -0.3 is 65.1 Å². The molecule has 87 heavy (non-hydrogen) atoms. The van der Waals surface area contributed by atoms with Crippen LogP contribution in [0.25, 0.3) is 0 Å². The first-order valence-corrected chi connectivity index (χ1v) is 34.3. The molecule has 498 valence electrons. The highest BCUT2D eigenvalue weighted by atomic mass is 16.7. The average molecular weight is 1220 g/mol. The van der Waals surface area contributed by atoms with E-state index >= 15 is 0 Å². The average Bonchev–Trinajstić information content (AvgIpc) is 2.59. The summed E-state index contributed by atoms with van der Waals surface area (Å²) in [5.41, 5.74) is 0. The lowest BCUT2D eigenvalue weighted by Gasteiger charge is -2.46. The lowest BCUT2D eigenvalue weighted by atomic mass is 9.97. The Bertz CT molecular complexity index is 1920. The summed E-state index contributed by atoms with van der Waals surface area (Å²) in [7, 11) is 0. The third kappa shape index (κ3) is 40.7. The summed E-state index contributed by atoms with van der Waals surface area (Å²) < 4.78 is 22.8. The zero-order valence-electron chi connectivity index (χ0n) is 54.0. The summed E-state index contributed by atoms with van der Waals surface area (Å²) in [5.74, 6) is -0.262. The molecule has 14 heteroatoms. The minimum atomic E-state index is -1.80. The Labute approximate surface area is 527 Å². The first-order valence-electron chi connectivity index (χ1n) is 34.3. The van der Waals surface area contributed by atoms with Gasteiger partial charge in [0, 0.05) is 6.42 Å². The van der Waals surface area contributed by atoms with Crippen molar-refractivity contribution in [1.82, 2.24) is 5.32 Å². The zero-order valence-corrected chi connectivity index (χ0v) is 54.0. The molecule has 0 spiro atoms. The maximum Gasteiger partial charge on any atom is 0.220 e. The van der Waals surface area contributed by atoms with Crippen molar-refractivity contribution < 1.29 is 64.6 Å². The van der Waals surface area contributed by atoms with E-state index in [1.165, 1.54) is 109 Å². The second-order valence-electron chi connectivity index (χ2n) is 23.6. The number of hydrogen-bond acceptors (Lipinski definition) is 13. The normalized spacial score (nSPS) is 24.1. The number of carbonyl (C=O) groups excluding carboxylic acids is 1. The summed E-state index contributed by atoms with van der Waals surface area (Å²) in [6, 6.07) is -0.946. The van der Waals surface area contributed by atoms with E-state index in [2.05, 4.69) is 129 Å². The molecule has 1 amide bonds. The van der Waals surface area contributed by atoms with Crippen LogP contribution in [-0.2, 0) is 23.7 Å². The Morgan fingerprint density at radius 2 is 0.805 bits per heavy atom. The highest BCUT2D eigenvalue weighted by Gasteiger charge is 2.51. The fraction of sp³-hybridized carbons (Fsp3) is 0.712. The largest absolute Gasteiger partial charge is 0.394 e. The third-order valence-electron chi connectivity index (χ3n) is 15.9. The second-order valence-corrected chi connectivity index (χ2v) is 23.6. The van der Waals surface area contributed by atoms with E-state index in [9.17, 15) is 45.6 Å². The van der Waals surface area contributed by atoms with Gasteiger partial charge in [-0.1, -0.05) is 257 Å². The van der Waals surface area contributed by atoms with Gasteiger partial charge in [-0.05, 0) is 96.3 Å². The van der Waals surface area contributed by atoms with Gasteiger partial charge in [-0.2, -0.15) is 0 Å². The lowest BCUT2D eigenvalue weighted by Crippen LogP contribution is -2.65. The van der Waals surface area contributed by atoms with E-state index in [0.717, 1.165) is 96.3 Å². The molecule has 2 aliphatic heterocycles. The molecule has 0 bridgehead atoms. The van der Waals surface area contributed by atoms with Crippen molar-refractivity contribution in [1.29, 1.82) is 0 Å². The highest BCUT2D eigenvalue weighted by molar-refractivity contribution is 5.76. The topological polar surface area (TPSA) is 228 Å². The molecule has 12 unspecified atom stereocenters. The molecule has 2 rings (SSSR count). The Morgan fingerprint density at radius 3 is 1.26 bits per heavy atom. The number of allylic oxidation sites excluding steroid dienone is 19. The molecular formula is C73H123NO13. The predicted octanol–water partition coefficient (Wildman–Crippen LogP) is 13.7. The van der Waals surface area contributed by atoms with E-state index in [1.54, 1.807) is 6.08 Å². The van der Waals surface area contributed by atoms with Crippen molar-refractivity contribution in [2.24, 2.45) is 0 Å². The summed E-state index contributed by atoms with van der Waals surface area (Å²) in [6.07, 6.45) is 65.2. The van der Waals surface area contributed by atoms with Crippen molar-refractivity contribution in [2.75, 3.05) is 19.8 Å². The second kappa shape index (κ2) is 56.4. The van der Waals surface area contributed by atoms with E-state index in [1.807, 2.05) is 6.08 Å². The molecule has 0 saturated carbocycles. The number of aliphatic hydroxyl groups excluding tert-OH is 8. The third-order valence-corrected chi connectivity index (χ3v) is 15.9. The molecule has 2 fully saturated rings. The molecule has 12 atom stereocenters. The minimum Gasteiger partial charge on any atom is -0.394 e. The molecule has 2 saturated heterocycles. The zero-order chi connectivity index (χ0) is 63.1. The van der Waals surface area contributed by atoms with Crippen LogP contribution in [0.4, 0.5) is 0 Å². The molecule has 9 N–H and O–H groups in total. The quantitative estimate of drug-likeness (QED) is 0.0204. The van der Waals surface area contributed by atoms with Gasteiger partial charge in [0.2, 0.25) is 5.91 Å². The van der Waals surface area contributed by atoms with Crippen LogP contribution in [0.2, 0.25) is 0 Å².